The van der Waals surface area contributed by atoms with E-state index in [0.717, 1.165) is 0 Å². The van der Waals surface area contributed by atoms with Gasteiger partial charge in [0.2, 0.25) is 0 Å². The van der Waals surface area contributed by atoms with Crippen LogP contribution in [0.25, 0.3) is 0 Å². The van der Waals surface area contributed by atoms with Crippen molar-refractivity contribution < 1.29 is 32.6 Å². The van der Waals surface area contributed by atoms with Crippen LogP contribution in [0.5, 0.6) is 0 Å². The predicted octanol–water partition coefficient (Wildman–Crippen LogP) is 3.61. The van der Waals surface area contributed by atoms with Gasteiger partial charge in [-0.1, -0.05) is 30.3 Å². The van der Waals surface area contributed by atoms with Crippen molar-refractivity contribution in [3.8, 4) is 0 Å². The summed E-state index contributed by atoms with van der Waals surface area (Å²) >= 11 is 0. The molecule has 1 aromatic rings. The quantitative estimate of drug-likeness (QED) is 0.914. The molecule has 0 aliphatic carbocycles. The molecule has 8 heteroatoms. The lowest BCUT2D eigenvalue weighted by atomic mass is 10.1. The van der Waals surface area contributed by atoms with Gasteiger partial charge in [-0.25, -0.2) is 9.59 Å². The van der Waals surface area contributed by atoms with E-state index in [1.54, 1.807) is 6.07 Å². The second-order valence-electron chi connectivity index (χ2n) is 5.87. The van der Waals surface area contributed by atoms with Crippen LogP contribution in [0, 0.1) is 0 Å². The van der Waals surface area contributed by atoms with Crippen LogP contribution in [-0.2, 0) is 9.53 Å². The van der Waals surface area contributed by atoms with Gasteiger partial charge in [0.1, 0.15) is 12.1 Å². The highest BCUT2D eigenvalue weighted by Crippen LogP contribution is 2.28. The first-order valence-electron chi connectivity index (χ1n) is 6.75. The normalized spacial score (nSPS) is 13.3. The second-order valence-corrected chi connectivity index (χ2v) is 5.87. The first-order chi connectivity index (χ1) is 10.4. The first kappa shape index (κ1) is 18.8. The summed E-state index contributed by atoms with van der Waals surface area (Å²) in [5.41, 5.74) is -1.00. The molecule has 0 fully saturated rings. The number of hydrogen-bond donors (Lipinski definition) is 1. The fraction of sp³-hybridized carbons (Fsp3) is 0.467. The number of ether oxygens (including phenoxy) is 1. The summed E-state index contributed by atoms with van der Waals surface area (Å²) in [5, 5.41) is 9.32. The Bertz CT molecular complexity index is 552. The maximum Gasteiger partial charge on any atom is 0.411 e. The Morgan fingerprint density at radius 2 is 1.70 bits per heavy atom. The van der Waals surface area contributed by atoms with E-state index in [0.29, 0.717) is 0 Å². The molecule has 0 spiro atoms. The molecule has 1 unspecified atom stereocenters. The van der Waals surface area contributed by atoms with E-state index in [1.165, 1.54) is 45.0 Å². The van der Waals surface area contributed by atoms with Gasteiger partial charge in [0.15, 0.2) is 6.04 Å². The highest BCUT2D eigenvalue weighted by atomic mass is 19.4. The van der Waals surface area contributed by atoms with E-state index >= 15 is 0 Å². The van der Waals surface area contributed by atoms with E-state index in [4.69, 9.17) is 4.74 Å². The molecular formula is C15H18F3NO4. The van der Waals surface area contributed by atoms with Crippen molar-refractivity contribution in [2.45, 2.75) is 38.6 Å². The molecule has 1 N–H and O–H groups in total. The number of carbonyl (C=O) groups is 2. The number of benzene rings is 1. The minimum absolute atomic E-state index is 0.0510. The first-order valence-corrected chi connectivity index (χ1v) is 6.75. The van der Waals surface area contributed by atoms with Gasteiger partial charge in [-0.3, -0.25) is 4.90 Å². The smallest absolute Gasteiger partial charge is 0.411 e. The zero-order chi connectivity index (χ0) is 17.8. The number of hydrogen-bond acceptors (Lipinski definition) is 3. The van der Waals surface area contributed by atoms with Crippen LogP contribution in [-0.4, -0.2) is 40.4 Å². The minimum Gasteiger partial charge on any atom is -0.479 e. The Labute approximate surface area is 131 Å². The largest absolute Gasteiger partial charge is 0.479 e. The van der Waals surface area contributed by atoms with Crippen LogP contribution in [0.15, 0.2) is 30.3 Å². The third-order valence-electron chi connectivity index (χ3n) is 2.64. The molecule has 0 aromatic heterocycles. The molecule has 1 atom stereocenters. The number of rotatable bonds is 4. The average Bonchev–Trinajstić information content (AvgIpc) is 2.35. The van der Waals surface area contributed by atoms with Gasteiger partial charge in [0, 0.05) is 0 Å². The maximum absolute atomic E-state index is 12.8. The number of carbonyl (C=O) groups excluding carboxylic acids is 1. The Morgan fingerprint density at radius 3 is 2.09 bits per heavy atom. The van der Waals surface area contributed by atoms with Crippen molar-refractivity contribution in [1.29, 1.82) is 0 Å². The molecule has 0 aliphatic rings. The lowest BCUT2D eigenvalue weighted by Gasteiger charge is -2.32. The molecule has 1 amide bonds. The van der Waals surface area contributed by atoms with Crippen molar-refractivity contribution in [1.82, 2.24) is 4.90 Å². The third-order valence-corrected chi connectivity index (χ3v) is 2.64. The van der Waals surface area contributed by atoms with Crippen LogP contribution in [0.1, 0.15) is 32.4 Å². The molecule has 0 heterocycles. The number of amides is 1. The number of carboxylic acids is 1. The van der Waals surface area contributed by atoms with E-state index in [-0.39, 0.29) is 10.5 Å². The van der Waals surface area contributed by atoms with Crippen LogP contribution >= 0.6 is 0 Å². The molecule has 5 nitrogen and oxygen atoms in total. The number of carboxylic acid groups (broad SMARTS) is 1. The number of halogens is 3. The standard InChI is InChI=1S/C15H18F3NO4/c1-14(2,3)23-13(22)19(9-15(16,17)18)11(12(20)21)10-7-5-4-6-8-10/h4-8,11H,9H2,1-3H3,(H,20,21). The molecule has 0 aliphatic heterocycles. The van der Waals surface area contributed by atoms with Gasteiger partial charge in [0.05, 0.1) is 0 Å². The van der Waals surface area contributed by atoms with Crippen LogP contribution in [0.2, 0.25) is 0 Å². The summed E-state index contributed by atoms with van der Waals surface area (Å²) < 4.78 is 43.3. The van der Waals surface area contributed by atoms with E-state index in [9.17, 15) is 27.9 Å². The Hall–Kier alpha value is -2.25. The second kappa shape index (κ2) is 6.89. The summed E-state index contributed by atoms with van der Waals surface area (Å²) in [6.07, 6.45) is -6.11. The van der Waals surface area contributed by atoms with E-state index in [1.807, 2.05) is 0 Å². The molecule has 0 saturated heterocycles. The molecule has 1 rings (SSSR count). The summed E-state index contributed by atoms with van der Waals surface area (Å²) in [4.78, 5) is 23.7. The Kier molecular flexibility index (Phi) is 5.63. The number of aliphatic carboxylic acids is 1. The third kappa shape index (κ3) is 6.17. The number of alkyl halides is 3. The van der Waals surface area contributed by atoms with Crippen LogP contribution in [0.3, 0.4) is 0 Å². The van der Waals surface area contributed by atoms with Gasteiger partial charge in [0.25, 0.3) is 0 Å². The molecule has 1 aromatic carbocycles. The zero-order valence-electron chi connectivity index (χ0n) is 12.9. The van der Waals surface area contributed by atoms with Crippen LogP contribution < -0.4 is 0 Å². The number of nitrogens with zero attached hydrogens (tertiary/aromatic N) is 1. The average molecular weight is 333 g/mol. The van der Waals surface area contributed by atoms with E-state index in [2.05, 4.69) is 0 Å². The van der Waals surface area contributed by atoms with Crippen molar-refractivity contribution in [2.24, 2.45) is 0 Å². The van der Waals surface area contributed by atoms with E-state index < -0.39 is 36.4 Å². The Morgan fingerprint density at radius 1 is 1.17 bits per heavy atom. The Balaban J connectivity index is 3.24. The van der Waals surface area contributed by atoms with Gasteiger partial charge in [-0.15, -0.1) is 0 Å². The summed E-state index contributed by atoms with van der Waals surface area (Å²) in [6, 6.07) is 5.43. The lowest BCUT2D eigenvalue weighted by Crippen LogP contribution is -2.46. The van der Waals surface area contributed by atoms with Crippen LogP contribution in [0.4, 0.5) is 18.0 Å². The highest BCUT2D eigenvalue weighted by molar-refractivity contribution is 5.81. The van der Waals surface area contributed by atoms with Gasteiger partial charge in [-0.05, 0) is 26.3 Å². The van der Waals surface area contributed by atoms with Crippen molar-refractivity contribution in [3.05, 3.63) is 35.9 Å². The van der Waals surface area contributed by atoms with Gasteiger partial charge in [-0.2, -0.15) is 13.2 Å². The minimum atomic E-state index is -4.76. The monoisotopic (exact) mass is 333 g/mol. The molecule has 0 bridgehead atoms. The molecule has 128 valence electrons. The van der Waals surface area contributed by atoms with Crippen molar-refractivity contribution in [3.63, 3.8) is 0 Å². The van der Waals surface area contributed by atoms with Crippen molar-refractivity contribution >= 4 is 12.1 Å². The highest BCUT2D eigenvalue weighted by Gasteiger charge is 2.41. The molecule has 23 heavy (non-hydrogen) atoms. The lowest BCUT2D eigenvalue weighted by molar-refractivity contribution is -0.160. The fourth-order valence-corrected chi connectivity index (χ4v) is 1.87. The molecule has 0 saturated carbocycles. The fourth-order valence-electron chi connectivity index (χ4n) is 1.87. The zero-order valence-corrected chi connectivity index (χ0v) is 12.9. The summed E-state index contributed by atoms with van der Waals surface area (Å²) in [6.45, 7) is 2.71. The molecular weight excluding hydrogens is 315 g/mol. The SMILES string of the molecule is CC(C)(C)OC(=O)N(CC(F)(F)F)C(C(=O)O)c1ccccc1. The topological polar surface area (TPSA) is 66.8 Å². The predicted molar refractivity (Wildman–Crippen MR) is 75.8 cm³/mol. The molecule has 0 radical (unpaired) electrons. The maximum atomic E-state index is 12.8. The van der Waals surface area contributed by atoms with Gasteiger partial charge < -0.3 is 9.84 Å². The van der Waals surface area contributed by atoms with Crippen molar-refractivity contribution in [2.75, 3.05) is 6.54 Å². The summed E-state index contributed by atoms with van der Waals surface area (Å²) in [5.74, 6) is -1.58. The van der Waals surface area contributed by atoms with Gasteiger partial charge >= 0.3 is 18.2 Å². The summed E-state index contributed by atoms with van der Waals surface area (Å²) in [7, 11) is 0.